The number of carbonyl (C=O) groups is 1. The summed E-state index contributed by atoms with van der Waals surface area (Å²) in [6.07, 6.45) is 1.68. The number of phenolic OH excluding ortho intramolecular Hbond substituents is 1. The summed E-state index contributed by atoms with van der Waals surface area (Å²) in [7, 11) is 0. The lowest BCUT2D eigenvalue weighted by molar-refractivity contribution is -0.137. The average molecular weight is 273 g/mol. The highest BCUT2D eigenvalue weighted by Gasteiger charge is 2.36. The second kappa shape index (κ2) is 4.76. The summed E-state index contributed by atoms with van der Waals surface area (Å²) in [5.74, 6) is -2.52. The predicted molar refractivity (Wildman–Crippen MR) is 65.5 cm³/mol. The quantitative estimate of drug-likeness (QED) is 0.882. The van der Waals surface area contributed by atoms with Crippen molar-refractivity contribution in [2.75, 3.05) is 0 Å². The molecule has 0 saturated heterocycles. The first-order valence-electron chi connectivity index (χ1n) is 5.81. The zero-order chi connectivity index (χ0) is 13.4. The van der Waals surface area contributed by atoms with Crippen molar-refractivity contribution in [3.8, 4) is 5.75 Å². The number of aryl methyl sites for hydroxylation is 1. The lowest BCUT2D eigenvalue weighted by Gasteiger charge is -2.17. The Labute approximate surface area is 109 Å². The molecule has 0 radical (unpaired) electrons. The van der Waals surface area contributed by atoms with Crippen LogP contribution in [-0.2, 0) is 4.79 Å². The normalized spacial score (nSPS) is 16.6. The lowest BCUT2D eigenvalue weighted by Crippen LogP contribution is -2.10. The van der Waals surface area contributed by atoms with Crippen LogP contribution in [0.25, 0.3) is 0 Å². The van der Waals surface area contributed by atoms with Crippen molar-refractivity contribution in [3.05, 3.63) is 28.0 Å². The van der Waals surface area contributed by atoms with Gasteiger partial charge in [-0.05, 0) is 36.8 Å². The number of carboxylic acids is 1. The molecular weight excluding hydrogens is 259 g/mol. The van der Waals surface area contributed by atoms with E-state index in [2.05, 4.69) is 0 Å². The van der Waals surface area contributed by atoms with Crippen LogP contribution in [0.4, 0.5) is 4.39 Å². The Kier molecular flexibility index (Phi) is 3.48. The molecule has 1 aromatic carbocycles. The van der Waals surface area contributed by atoms with Crippen LogP contribution >= 0.6 is 11.6 Å². The molecule has 1 aliphatic carbocycles. The molecule has 98 valence electrons. The fourth-order valence-corrected chi connectivity index (χ4v) is 2.40. The van der Waals surface area contributed by atoms with Crippen LogP contribution < -0.4 is 0 Å². The SMILES string of the molecule is Cc1cc(C(CC(=O)O)C2CC2)c(F)c(O)c1Cl. The molecule has 0 spiro atoms. The maximum absolute atomic E-state index is 14.0. The van der Waals surface area contributed by atoms with Gasteiger partial charge in [-0.25, -0.2) is 4.39 Å². The van der Waals surface area contributed by atoms with Gasteiger partial charge in [-0.2, -0.15) is 0 Å². The molecule has 3 nitrogen and oxygen atoms in total. The van der Waals surface area contributed by atoms with Crippen LogP contribution in [0.3, 0.4) is 0 Å². The van der Waals surface area contributed by atoms with E-state index in [0.717, 1.165) is 12.8 Å². The van der Waals surface area contributed by atoms with Gasteiger partial charge in [0, 0.05) is 5.92 Å². The molecular formula is C13H14ClFO3. The fourth-order valence-electron chi connectivity index (χ4n) is 2.27. The van der Waals surface area contributed by atoms with Gasteiger partial charge < -0.3 is 10.2 Å². The summed E-state index contributed by atoms with van der Waals surface area (Å²) in [6.45, 7) is 1.66. The van der Waals surface area contributed by atoms with E-state index in [1.165, 1.54) is 0 Å². The van der Waals surface area contributed by atoms with Gasteiger partial charge in [0.05, 0.1) is 11.4 Å². The van der Waals surface area contributed by atoms with Crippen molar-refractivity contribution < 1.29 is 19.4 Å². The molecule has 5 heteroatoms. The highest BCUT2D eigenvalue weighted by atomic mass is 35.5. The van der Waals surface area contributed by atoms with E-state index in [1.54, 1.807) is 13.0 Å². The van der Waals surface area contributed by atoms with E-state index < -0.39 is 17.5 Å². The molecule has 1 fully saturated rings. The molecule has 0 aliphatic heterocycles. The Morgan fingerprint density at radius 1 is 1.61 bits per heavy atom. The first kappa shape index (κ1) is 13.1. The highest BCUT2D eigenvalue weighted by Crippen LogP contribution is 2.47. The van der Waals surface area contributed by atoms with Crippen molar-refractivity contribution in [2.45, 2.75) is 32.1 Å². The maximum atomic E-state index is 14.0. The largest absolute Gasteiger partial charge is 0.504 e. The third-order valence-electron chi connectivity index (χ3n) is 3.37. The number of aromatic hydroxyl groups is 1. The summed E-state index contributed by atoms with van der Waals surface area (Å²) in [4.78, 5) is 10.9. The van der Waals surface area contributed by atoms with E-state index >= 15 is 0 Å². The van der Waals surface area contributed by atoms with Crippen molar-refractivity contribution in [2.24, 2.45) is 5.92 Å². The highest BCUT2D eigenvalue weighted by molar-refractivity contribution is 6.32. The minimum atomic E-state index is -0.960. The third kappa shape index (κ3) is 2.43. The van der Waals surface area contributed by atoms with Crippen LogP contribution in [-0.4, -0.2) is 16.2 Å². The molecule has 1 atom stereocenters. The molecule has 0 amide bonds. The van der Waals surface area contributed by atoms with Crippen LogP contribution in [0.15, 0.2) is 6.07 Å². The van der Waals surface area contributed by atoms with Gasteiger partial charge in [-0.15, -0.1) is 0 Å². The van der Waals surface area contributed by atoms with Gasteiger partial charge in [-0.3, -0.25) is 4.79 Å². The van der Waals surface area contributed by atoms with Gasteiger partial charge >= 0.3 is 5.97 Å². The number of benzene rings is 1. The van der Waals surface area contributed by atoms with Crippen molar-refractivity contribution in [3.63, 3.8) is 0 Å². The molecule has 0 bridgehead atoms. The number of hydrogen-bond acceptors (Lipinski definition) is 2. The maximum Gasteiger partial charge on any atom is 0.303 e. The first-order valence-corrected chi connectivity index (χ1v) is 6.18. The molecule has 0 aromatic heterocycles. The Morgan fingerprint density at radius 2 is 2.22 bits per heavy atom. The number of phenols is 1. The van der Waals surface area contributed by atoms with E-state index in [4.69, 9.17) is 16.7 Å². The Bertz CT molecular complexity index is 497. The second-order valence-electron chi connectivity index (χ2n) is 4.80. The average Bonchev–Trinajstić information content (AvgIpc) is 3.12. The minimum absolute atomic E-state index is 0.0129. The van der Waals surface area contributed by atoms with Crippen molar-refractivity contribution in [1.29, 1.82) is 0 Å². The molecule has 1 unspecified atom stereocenters. The van der Waals surface area contributed by atoms with Gasteiger partial charge in [-0.1, -0.05) is 17.7 Å². The van der Waals surface area contributed by atoms with Gasteiger partial charge in [0.25, 0.3) is 0 Å². The monoisotopic (exact) mass is 272 g/mol. The Hall–Kier alpha value is -1.29. The van der Waals surface area contributed by atoms with E-state index in [9.17, 15) is 14.3 Å². The molecule has 2 rings (SSSR count). The lowest BCUT2D eigenvalue weighted by atomic mass is 9.89. The number of aliphatic carboxylic acids is 1. The molecule has 1 aliphatic rings. The zero-order valence-corrected chi connectivity index (χ0v) is 10.7. The molecule has 0 heterocycles. The minimum Gasteiger partial charge on any atom is -0.504 e. The van der Waals surface area contributed by atoms with E-state index in [0.29, 0.717) is 5.56 Å². The molecule has 18 heavy (non-hydrogen) atoms. The molecule has 1 aromatic rings. The van der Waals surface area contributed by atoms with Crippen LogP contribution in [0.5, 0.6) is 5.75 Å². The summed E-state index contributed by atoms with van der Waals surface area (Å²) < 4.78 is 14.0. The van der Waals surface area contributed by atoms with Crippen LogP contribution in [0.2, 0.25) is 5.02 Å². The van der Waals surface area contributed by atoms with Crippen LogP contribution in [0, 0.1) is 18.7 Å². The first-order chi connectivity index (χ1) is 8.41. The van der Waals surface area contributed by atoms with E-state index in [-0.39, 0.29) is 28.8 Å². The van der Waals surface area contributed by atoms with Crippen molar-refractivity contribution >= 4 is 17.6 Å². The predicted octanol–water partition coefficient (Wildman–Crippen LogP) is 3.46. The number of hydrogen-bond donors (Lipinski definition) is 2. The van der Waals surface area contributed by atoms with Crippen LogP contribution in [0.1, 0.15) is 36.3 Å². The summed E-state index contributed by atoms with van der Waals surface area (Å²) in [5.41, 5.74) is 0.820. The molecule has 1 saturated carbocycles. The third-order valence-corrected chi connectivity index (χ3v) is 3.85. The summed E-state index contributed by atoms with van der Waals surface area (Å²) in [5, 5.41) is 18.5. The topological polar surface area (TPSA) is 57.5 Å². The summed E-state index contributed by atoms with van der Waals surface area (Å²) >= 11 is 5.75. The number of carboxylic acid groups (broad SMARTS) is 1. The summed E-state index contributed by atoms with van der Waals surface area (Å²) in [6, 6.07) is 1.54. The number of rotatable bonds is 4. The van der Waals surface area contributed by atoms with E-state index in [1.807, 2.05) is 0 Å². The Balaban J connectivity index is 2.44. The molecule has 2 N–H and O–H groups in total. The van der Waals surface area contributed by atoms with Crippen molar-refractivity contribution in [1.82, 2.24) is 0 Å². The zero-order valence-electron chi connectivity index (χ0n) is 9.91. The van der Waals surface area contributed by atoms with Gasteiger partial charge in [0.15, 0.2) is 11.6 Å². The fraction of sp³-hybridized carbons (Fsp3) is 0.462. The Morgan fingerprint density at radius 3 is 2.72 bits per heavy atom. The standard InChI is InChI=1S/C13H14ClFO3/c1-6-4-9(12(15)13(18)11(6)14)8(5-10(16)17)7-2-3-7/h4,7-8,18H,2-3,5H2,1H3,(H,16,17). The van der Waals surface area contributed by atoms with Gasteiger partial charge in [0.1, 0.15) is 0 Å². The van der Waals surface area contributed by atoms with Gasteiger partial charge in [0.2, 0.25) is 0 Å². The second-order valence-corrected chi connectivity index (χ2v) is 5.18. The number of halogens is 2. The smallest absolute Gasteiger partial charge is 0.303 e.